The highest BCUT2D eigenvalue weighted by molar-refractivity contribution is 5.90. The van der Waals surface area contributed by atoms with Crippen LogP contribution in [0.2, 0.25) is 0 Å². The van der Waals surface area contributed by atoms with Crippen LogP contribution in [0.5, 0.6) is 0 Å². The van der Waals surface area contributed by atoms with Gasteiger partial charge in [0.15, 0.2) is 0 Å². The Labute approximate surface area is 164 Å². The van der Waals surface area contributed by atoms with Gasteiger partial charge in [0, 0.05) is 37.1 Å². The van der Waals surface area contributed by atoms with Gasteiger partial charge in [0.2, 0.25) is 5.91 Å². The molecule has 0 aliphatic heterocycles. The number of anilines is 2. The van der Waals surface area contributed by atoms with Crippen LogP contribution in [0.3, 0.4) is 0 Å². The third-order valence-electron chi connectivity index (χ3n) is 4.50. The van der Waals surface area contributed by atoms with Crippen molar-refractivity contribution in [1.82, 2.24) is 9.78 Å². The van der Waals surface area contributed by atoms with Gasteiger partial charge in [-0.05, 0) is 55.8 Å². The van der Waals surface area contributed by atoms with E-state index in [4.69, 9.17) is 0 Å². The van der Waals surface area contributed by atoms with Crippen LogP contribution in [0.4, 0.5) is 11.4 Å². The molecule has 144 valence electrons. The highest BCUT2D eigenvalue weighted by Crippen LogP contribution is 2.21. The van der Waals surface area contributed by atoms with Crippen molar-refractivity contribution in [3.63, 3.8) is 0 Å². The van der Waals surface area contributed by atoms with Gasteiger partial charge < -0.3 is 10.2 Å². The highest BCUT2D eigenvalue weighted by atomic mass is 16.2. The lowest BCUT2D eigenvalue weighted by Crippen LogP contribution is -2.29. The molecule has 0 aliphatic rings. The van der Waals surface area contributed by atoms with Crippen molar-refractivity contribution >= 4 is 17.3 Å². The highest BCUT2D eigenvalue weighted by Gasteiger charge is 2.10. The largest absolute Gasteiger partial charge is 0.378 e. The summed E-state index contributed by atoms with van der Waals surface area (Å²) in [5.74, 6) is -0.301. The summed E-state index contributed by atoms with van der Waals surface area (Å²) in [5.41, 5.74) is 5.20. The number of carbonyl (C=O) groups is 1. The van der Waals surface area contributed by atoms with Gasteiger partial charge in [-0.3, -0.25) is 9.59 Å². The zero-order chi connectivity index (χ0) is 20.3. The fourth-order valence-electron chi connectivity index (χ4n) is 2.90. The minimum atomic E-state index is -0.313. The average Bonchev–Trinajstić information content (AvgIpc) is 2.66. The van der Waals surface area contributed by atoms with Crippen molar-refractivity contribution in [2.45, 2.75) is 20.4 Å². The van der Waals surface area contributed by atoms with Gasteiger partial charge in [-0.2, -0.15) is 5.10 Å². The molecular formula is C22H24N4O2. The van der Waals surface area contributed by atoms with Crippen LogP contribution >= 0.6 is 0 Å². The normalized spacial score (nSPS) is 10.6. The first-order valence-electron chi connectivity index (χ1n) is 9.06. The molecule has 0 radical (unpaired) electrons. The number of nitrogens with one attached hydrogen (secondary N) is 1. The minimum absolute atomic E-state index is 0.146. The van der Waals surface area contributed by atoms with Crippen molar-refractivity contribution in [2.75, 3.05) is 24.3 Å². The molecule has 0 bridgehead atoms. The van der Waals surface area contributed by atoms with Gasteiger partial charge >= 0.3 is 0 Å². The van der Waals surface area contributed by atoms with Crippen LogP contribution in [-0.4, -0.2) is 29.8 Å². The van der Waals surface area contributed by atoms with Crippen LogP contribution < -0.4 is 15.8 Å². The van der Waals surface area contributed by atoms with Gasteiger partial charge in [0.25, 0.3) is 5.56 Å². The van der Waals surface area contributed by atoms with Crippen LogP contribution in [0.1, 0.15) is 11.1 Å². The molecule has 2 aromatic carbocycles. The van der Waals surface area contributed by atoms with Crippen LogP contribution in [0.15, 0.2) is 59.4 Å². The first kappa shape index (κ1) is 19.4. The van der Waals surface area contributed by atoms with E-state index in [9.17, 15) is 9.59 Å². The van der Waals surface area contributed by atoms with Crippen molar-refractivity contribution < 1.29 is 4.79 Å². The predicted molar refractivity (Wildman–Crippen MR) is 113 cm³/mol. The molecule has 0 saturated heterocycles. The third-order valence-corrected chi connectivity index (χ3v) is 4.50. The first-order chi connectivity index (χ1) is 13.3. The lowest BCUT2D eigenvalue weighted by Gasteiger charge is -2.13. The molecule has 0 atom stereocenters. The molecule has 0 saturated carbocycles. The van der Waals surface area contributed by atoms with Crippen LogP contribution in [0.25, 0.3) is 11.3 Å². The number of nitrogens with zero attached hydrogens (tertiary/aromatic N) is 3. The second-order valence-electron chi connectivity index (χ2n) is 7.02. The maximum absolute atomic E-state index is 12.4. The third kappa shape index (κ3) is 4.46. The SMILES string of the molecule is Cc1ccc(C)c(-c2ccc(=O)n(CC(=O)Nc3ccc(N(C)C)cc3)n2)c1. The molecule has 1 N–H and O–H groups in total. The van der Waals surface area contributed by atoms with E-state index < -0.39 is 0 Å². The summed E-state index contributed by atoms with van der Waals surface area (Å²) in [6, 6.07) is 16.7. The Balaban J connectivity index is 1.79. The molecule has 6 nitrogen and oxygen atoms in total. The maximum Gasteiger partial charge on any atom is 0.267 e. The fourth-order valence-corrected chi connectivity index (χ4v) is 2.90. The second-order valence-corrected chi connectivity index (χ2v) is 7.02. The Morgan fingerprint density at radius 1 is 1.04 bits per heavy atom. The molecule has 1 aromatic heterocycles. The molecule has 0 spiro atoms. The van der Waals surface area contributed by atoms with E-state index in [2.05, 4.69) is 10.4 Å². The van der Waals surface area contributed by atoms with E-state index >= 15 is 0 Å². The van der Waals surface area contributed by atoms with Gasteiger partial charge in [0.1, 0.15) is 6.54 Å². The maximum atomic E-state index is 12.4. The number of aryl methyl sites for hydroxylation is 2. The summed E-state index contributed by atoms with van der Waals surface area (Å²) in [4.78, 5) is 26.6. The molecule has 3 aromatic rings. The average molecular weight is 376 g/mol. The number of rotatable bonds is 5. The molecule has 0 aliphatic carbocycles. The molecule has 3 rings (SSSR count). The quantitative estimate of drug-likeness (QED) is 0.742. The Hall–Kier alpha value is -3.41. The number of amides is 1. The second kappa shape index (κ2) is 8.08. The van der Waals surface area contributed by atoms with E-state index in [1.54, 1.807) is 6.07 Å². The molecule has 6 heteroatoms. The topological polar surface area (TPSA) is 67.2 Å². The minimum Gasteiger partial charge on any atom is -0.378 e. The molecule has 0 fully saturated rings. The Morgan fingerprint density at radius 3 is 2.43 bits per heavy atom. The summed E-state index contributed by atoms with van der Waals surface area (Å²) < 4.78 is 1.20. The Morgan fingerprint density at radius 2 is 1.75 bits per heavy atom. The van der Waals surface area contributed by atoms with Crippen molar-refractivity contribution in [2.24, 2.45) is 0 Å². The molecule has 1 amide bonds. The summed E-state index contributed by atoms with van der Waals surface area (Å²) >= 11 is 0. The van der Waals surface area contributed by atoms with Gasteiger partial charge in [-0.15, -0.1) is 0 Å². The number of carbonyl (C=O) groups excluding carboxylic acids is 1. The summed E-state index contributed by atoms with van der Waals surface area (Å²) in [6.45, 7) is 3.86. The predicted octanol–water partition coefficient (Wildman–Crippen LogP) is 3.23. The van der Waals surface area contributed by atoms with Crippen LogP contribution in [0, 0.1) is 13.8 Å². The summed E-state index contributed by atoms with van der Waals surface area (Å²) in [6.07, 6.45) is 0. The summed E-state index contributed by atoms with van der Waals surface area (Å²) in [5, 5.41) is 7.21. The molecular weight excluding hydrogens is 352 g/mol. The van der Waals surface area contributed by atoms with E-state index in [1.807, 2.05) is 75.3 Å². The molecule has 1 heterocycles. The zero-order valence-corrected chi connectivity index (χ0v) is 16.6. The fraction of sp³-hybridized carbons (Fsp3) is 0.227. The number of hydrogen-bond donors (Lipinski definition) is 1. The smallest absolute Gasteiger partial charge is 0.267 e. The number of benzene rings is 2. The van der Waals surface area contributed by atoms with Crippen molar-refractivity contribution in [3.8, 4) is 11.3 Å². The zero-order valence-electron chi connectivity index (χ0n) is 16.6. The molecule has 28 heavy (non-hydrogen) atoms. The van der Waals surface area contributed by atoms with E-state index in [0.717, 1.165) is 22.4 Å². The van der Waals surface area contributed by atoms with Crippen molar-refractivity contribution in [3.05, 3.63) is 76.1 Å². The van der Waals surface area contributed by atoms with Crippen molar-refractivity contribution in [1.29, 1.82) is 0 Å². The van der Waals surface area contributed by atoms with Gasteiger partial charge in [-0.1, -0.05) is 17.7 Å². The number of aromatic nitrogens is 2. The Bertz CT molecular complexity index is 1050. The Kier molecular flexibility index (Phi) is 5.59. The lowest BCUT2D eigenvalue weighted by atomic mass is 10.0. The van der Waals surface area contributed by atoms with Crippen LogP contribution in [-0.2, 0) is 11.3 Å². The van der Waals surface area contributed by atoms with E-state index in [-0.39, 0.29) is 18.0 Å². The first-order valence-corrected chi connectivity index (χ1v) is 9.06. The standard InChI is InChI=1S/C22H24N4O2/c1-15-5-6-16(2)19(13-15)20-11-12-22(28)26(24-20)14-21(27)23-17-7-9-18(10-8-17)25(3)4/h5-13H,14H2,1-4H3,(H,23,27). The van der Waals surface area contributed by atoms with E-state index in [0.29, 0.717) is 11.4 Å². The molecule has 0 unspecified atom stereocenters. The monoisotopic (exact) mass is 376 g/mol. The van der Waals surface area contributed by atoms with E-state index in [1.165, 1.54) is 10.7 Å². The number of hydrogen-bond acceptors (Lipinski definition) is 4. The van der Waals surface area contributed by atoms with Gasteiger partial charge in [-0.25, -0.2) is 4.68 Å². The summed E-state index contributed by atoms with van der Waals surface area (Å²) in [7, 11) is 3.91. The lowest BCUT2D eigenvalue weighted by molar-refractivity contribution is -0.117. The van der Waals surface area contributed by atoms with Gasteiger partial charge in [0.05, 0.1) is 5.69 Å².